The molecule has 6 nitrogen and oxygen atoms in total. The van der Waals surface area contributed by atoms with Crippen molar-refractivity contribution in [2.24, 2.45) is 0 Å². The summed E-state index contributed by atoms with van der Waals surface area (Å²) in [6.45, 7) is 1.36. The van der Waals surface area contributed by atoms with Gasteiger partial charge in [-0.2, -0.15) is 5.01 Å². The lowest BCUT2D eigenvalue weighted by atomic mass is 10.1. The standard InChI is InChI=1S/C24H16Cl2N2O4/c1-14-6-8-15(9-7-14)21(29)13-27(22(30)16-10-11-19(25)20(26)12-16)28-23(31)17-4-2-3-5-18(17)24(28)32/h2-12H,13H2,1H3. The molecule has 4 rings (SSSR count). The number of benzene rings is 3. The van der Waals surface area contributed by atoms with E-state index in [1.807, 2.05) is 6.92 Å². The molecule has 160 valence electrons. The molecule has 0 aliphatic carbocycles. The molecule has 1 heterocycles. The number of ketones is 1. The van der Waals surface area contributed by atoms with Crippen LogP contribution in [0.1, 0.15) is 47.0 Å². The first-order chi connectivity index (χ1) is 15.3. The summed E-state index contributed by atoms with van der Waals surface area (Å²) in [5.74, 6) is -2.54. The minimum atomic E-state index is -0.737. The lowest BCUT2D eigenvalue weighted by molar-refractivity contribution is 0.00531. The summed E-state index contributed by atoms with van der Waals surface area (Å²) in [6, 6.07) is 17.2. The molecule has 3 aromatic carbocycles. The van der Waals surface area contributed by atoms with Gasteiger partial charge in [0.2, 0.25) is 0 Å². The molecule has 0 unspecified atom stereocenters. The topological polar surface area (TPSA) is 74.8 Å². The number of Topliss-reactive ketones (excluding diaryl/α,β-unsaturated/α-hetero) is 1. The summed E-state index contributed by atoms with van der Waals surface area (Å²) in [7, 11) is 0. The molecule has 3 amide bonds. The molecule has 0 radical (unpaired) electrons. The number of carbonyl (C=O) groups is 4. The summed E-state index contributed by atoms with van der Waals surface area (Å²) in [6.07, 6.45) is 0. The molecule has 8 heteroatoms. The number of hydrogen-bond donors (Lipinski definition) is 0. The highest BCUT2D eigenvalue weighted by Crippen LogP contribution is 2.27. The van der Waals surface area contributed by atoms with E-state index in [1.54, 1.807) is 36.4 Å². The smallest absolute Gasteiger partial charge is 0.280 e. The molecule has 3 aromatic rings. The Morgan fingerprint density at radius 3 is 1.94 bits per heavy atom. The van der Waals surface area contributed by atoms with Crippen molar-refractivity contribution in [1.82, 2.24) is 10.0 Å². The van der Waals surface area contributed by atoms with Crippen molar-refractivity contribution >= 4 is 46.7 Å². The molecule has 1 aliphatic rings. The number of amides is 3. The van der Waals surface area contributed by atoms with Crippen molar-refractivity contribution in [2.75, 3.05) is 6.54 Å². The third-order valence-corrected chi connectivity index (χ3v) is 5.82. The fourth-order valence-corrected chi connectivity index (χ4v) is 3.67. The predicted octanol–water partition coefficient (Wildman–Crippen LogP) is 4.84. The number of aryl methyl sites for hydroxylation is 1. The van der Waals surface area contributed by atoms with Gasteiger partial charge in [0.1, 0.15) is 6.54 Å². The van der Waals surface area contributed by atoms with E-state index in [9.17, 15) is 19.2 Å². The van der Waals surface area contributed by atoms with Crippen LogP contribution in [0.4, 0.5) is 0 Å². The molecule has 0 atom stereocenters. The van der Waals surface area contributed by atoms with E-state index in [2.05, 4.69) is 0 Å². The van der Waals surface area contributed by atoms with Crippen LogP contribution in [0.25, 0.3) is 0 Å². The van der Waals surface area contributed by atoms with Crippen molar-refractivity contribution in [1.29, 1.82) is 0 Å². The molecule has 1 aliphatic heterocycles. The molecule has 0 spiro atoms. The number of fused-ring (bicyclic) bond motifs is 1. The van der Waals surface area contributed by atoms with Gasteiger partial charge >= 0.3 is 0 Å². The van der Waals surface area contributed by atoms with E-state index < -0.39 is 30.0 Å². The number of carbonyl (C=O) groups excluding carboxylic acids is 4. The van der Waals surface area contributed by atoms with Crippen molar-refractivity contribution in [2.45, 2.75) is 6.92 Å². The van der Waals surface area contributed by atoms with Gasteiger partial charge in [0.05, 0.1) is 21.2 Å². The second kappa shape index (κ2) is 8.57. The van der Waals surface area contributed by atoms with Crippen molar-refractivity contribution in [3.05, 3.63) is 105 Å². The highest BCUT2D eigenvalue weighted by Gasteiger charge is 2.42. The van der Waals surface area contributed by atoms with Gasteiger partial charge in [-0.15, -0.1) is 0 Å². The van der Waals surface area contributed by atoms with Gasteiger partial charge in [-0.25, -0.2) is 5.01 Å². The molecule has 32 heavy (non-hydrogen) atoms. The van der Waals surface area contributed by atoms with Gasteiger partial charge in [0, 0.05) is 11.1 Å². The Bertz CT molecular complexity index is 1240. The zero-order valence-electron chi connectivity index (χ0n) is 16.8. The van der Waals surface area contributed by atoms with E-state index in [0.29, 0.717) is 10.6 Å². The third kappa shape index (κ3) is 3.90. The van der Waals surface area contributed by atoms with E-state index in [-0.39, 0.29) is 26.7 Å². The monoisotopic (exact) mass is 466 g/mol. The highest BCUT2D eigenvalue weighted by atomic mass is 35.5. The first-order valence-corrected chi connectivity index (χ1v) is 10.4. The van der Waals surface area contributed by atoms with Gasteiger partial charge in [-0.3, -0.25) is 19.2 Å². The van der Waals surface area contributed by atoms with Crippen LogP contribution >= 0.6 is 23.2 Å². The van der Waals surface area contributed by atoms with Crippen LogP contribution in [0.2, 0.25) is 10.0 Å². The number of hydrogen-bond acceptors (Lipinski definition) is 4. The normalized spacial score (nSPS) is 12.7. The lowest BCUT2D eigenvalue weighted by Gasteiger charge is -2.29. The fraction of sp³-hybridized carbons (Fsp3) is 0.0833. The summed E-state index contributed by atoms with van der Waals surface area (Å²) < 4.78 is 0. The van der Waals surface area contributed by atoms with E-state index >= 15 is 0 Å². The maximum absolute atomic E-state index is 13.4. The van der Waals surface area contributed by atoms with E-state index in [4.69, 9.17) is 23.2 Å². The van der Waals surface area contributed by atoms with Crippen LogP contribution in [-0.4, -0.2) is 40.1 Å². The first-order valence-electron chi connectivity index (χ1n) is 9.62. The lowest BCUT2D eigenvalue weighted by Crippen LogP contribution is -2.51. The maximum atomic E-state index is 13.4. The second-order valence-corrected chi connectivity index (χ2v) is 8.06. The summed E-state index contributed by atoms with van der Waals surface area (Å²) in [4.78, 5) is 52.4. The fourth-order valence-electron chi connectivity index (χ4n) is 3.37. The predicted molar refractivity (Wildman–Crippen MR) is 120 cm³/mol. The average Bonchev–Trinajstić information content (AvgIpc) is 3.04. The Kier molecular flexibility index (Phi) is 5.82. The van der Waals surface area contributed by atoms with Crippen LogP contribution in [-0.2, 0) is 0 Å². The molecular weight excluding hydrogens is 451 g/mol. The molecule has 0 saturated heterocycles. The molecule has 0 saturated carbocycles. The Morgan fingerprint density at radius 2 is 1.38 bits per heavy atom. The molecule has 0 aromatic heterocycles. The number of nitrogens with zero attached hydrogens (tertiary/aromatic N) is 2. The van der Waals surface area contributed by atoms with E-state index in [0.717, 1.165) is 10.6 Å². The quantitative estimate of drug-likeness (QED) is 0.398. The first kappa shape index (κ1) is 21.7. The molecule has 0 fully saturated rings. The van der Waals surface area contributed by atoms with Crippen LogP contribution in [0, 0.1) is 6.92 Å². The van der Waals surface area contributed by atoms with Gasteiger partial charge in [-0.05, 0) is 37.3 Å². The van der Waals surface area contributed by atoms with Crippen LogP contribution < -0.4 is 0 Å². The Morgan fingerprint density at radius 1 is 0.812 bits per heavy atom. The summed E-state index contributed by atoms with van der Waals surface area (Å²) in [5.41, 5.74) is 1.71. The van der Waals surface area contributed by atoms with Crippen LogP contribution in [0.15, 0.2) is 66.7 Å². The number of rotatable bonds is 5. The number of imide groups is 1. The van der Waals surface area contributed by atoms with Crippen LogP contribution in [0.5, 0.6) is 0 Å². The number of halogens is 2. The molecule has 0 bridgehead atoms. The largest absolute Gasteiger partial charge is 0.292 e. The Balaban J connectivity index is 1.74. The number of hydrazine groups is 1. The Hall–Kier alpha value is -3.48. The van der Waals surface area contributed by atoms with Gasteiger partial charge in [0.25, 0.3) is 17.7 Å². The minimum absolute atomic E-state index is 0.0765. The van der Waals surface area contributed by atoms with Gasteiger partial charge < -0.3 is 0 Å². The maximum Gasteiger partial charge on any atom is 0.280 e. The molecule has 0 N–H and O–H groups in total. The van der Waals surface area contributed by atoms with Crippen molar-refractivity contribution < 1.29 is 19.2 Å². The SMILES string of the molecule is Cc1ccc(C(=O)CN(C(=O)c2ccc(Cl)c(Cl)c2)N2C(=O)c3ccccc3C2=O)cc1. The third-order valence-electron chi connectivity index (χ3n) is 5.08. The van der Waals surface area contributed by atoms with Gasteiger partial charge in [-0.1, -0.05) is 65.2 Å². The zero-order valence-corrected chi connectivity index (χ0v) is 18.4. The highest BCUT2D eigenvalue weighted by molar-refractivity contribution is 6.42. The van der Waals surface area contributed by atoms with E-state index in [1.165, 1.54) is 30.3 Å². The van der Waals surface area contributed by atoms with Crippen LogP contribution in [0.3, 0.4) is 0 Å². The van der Waals surface area contributed by atoms with Crippen molar-refractivity contribution in [3.63, 3.8) is 0 Å². The summed E-state index contributed by atoms with van der Waals surface area (Å²) >= 11 is 12.0. The summed E-state index contributed by atoms with van der Waals surface area (Å²) in [5, 5.41) is 1.93. The zero-order chi connectivity index (χ0) is 23.0. The van der Waals surface area contributed by atoms with Crippen molar-refractivity contribution in [3.8, 4) is 0 Å². The van der Waals surface area contributed by atoms with Gasteiger partial charge in [0.15, 0.2) is 5.78 Å². The average molecular weight is 467 g/mol. The Labute approximate surface area is 193 Å². The minimum Gasteiger partial charge on any atom is -0.292 e. The second-order valence-electron chi connectivity index (χ2n) is 7.25. The molecular formula is C24H16Cl2N2O4.